The van der Waals surface area contributed by atoms with Crippen molar-refractivity contribution in [3.63, 3.8) is 0 Å². The molecule has 38 heavy (non-hydrogen) atoms. The highest BCUT2D eigenvalue weighted by molar-refractivity contribution is 5.97. The van der Waals surface area contributed by atoms with Gasteiger partial charge in [-0.1, -0.05) is 52.5 Å². The zero-order valence-corrected chi connectivity index (χ0v) is 23.3. The number of carbonyl (C=O) groups is 2. The Labute approximate surface area is 226 Å². The van der Waals surface area contributed by atoms with Gasteiger partial charge in [-0.2, -0.15) is 0 Å². The van der Waals surface area contributed by atoms with Crippen LogP contribution in [0.15, 0.2) is 49.2 Å². The highest BCUT2D eigenvalue weighted by atomic mass is 16.6. The molecule has 2 saturated heterocycles. The number of rotatable bonds is 1. The van der Waals surface area contributed by atoms with Crippen molar-refractivity contribution >= 4 is 11.7 Å². The second-order valence-corrected chi connectivity index (χ2v) is 14.3. The molecule has 4 heterocycles. The third-order valence-electron chi connectivity index (χ3n) is 11.9. The standard InChI is InChI=1S/C33H41NO4/c1-8-31(5)25-23-27(24-17(3)13-16(2)15-32(24,6)28(23)33(7)30(31)38-33)37-20-11-9-19(10-12-20)14-21-22(26(25)35)18(4)34-29(21)36/h8-12,16-17,21-25,27-28,30H,1,4,13-15H2,2-3,5-7H3,(H,34,36). The van der Waals surface area contributed by atoms with Crippen molar-refractivity contribution in [3.05, 3.63) is 54.8 Å². The van der Waals surface area contributed by atoms with Crippen LogP contribution in [0.4, 0.5) is 0 Å². The maximum absolute atomic E-state index is 15.0. The molecule has 1 amide bonds. The third-order valence-corrected chi connectivity index (χ3v) is 11.9. The second-order valence-electron chi connectivity index (χ2n) is 14.3. The number of allylic oxidation sites excluding steroid dienone is 1. The smallest absolute Gasteiger partial charge is 0.228 e. The first-order chi connectivity index (χ1) is 17.9. The maximum atomic E-state index is 15.0. The predicted molar refractivity (Wildman–Crippen MR) is 145 cm³/mol. The first-order valence-corrected chi connectivity index (χ1v) is 14.5. The van der Waals surface area contributed by atoms with E-state index in [0.29, 0.717) is 29.9 Å². The number of amides is 1. The van der Waals surface area contributed by atoms with Gasteiger partial charge in [-0.25, -0.2) is 0 Å². The summed E-state index contributed by atoms with van der Waals surface area (Å²) in [6.45, 7) is 20.1. The summed E-state index contributed by atoms with van der Waals surface area (Å²) >= 11 is 0. The predicted octanol–water partition coefficient (Wildman–Crippen LogP) is 5.35. The Morgan fingerprint density at radius 1 is 1.11 bits per heavy atom. The van der Waals surface area contributed by atoms with Crippen LogP contribution in [-0.2, 0) is 20.7 Å². The number of ether oxygens (including phenoxy) is 2. The fraction of sp³-hybridized carbons (Fsp3) is 0.636. The molecule has 1 aromatic carbocycles. The van der Waals surface area contributed by atoms with E-state index in [1.54, 1.807) is 0 Å². The van der Waals surface area contributed by atoms with Crippen molar-refractivity contribution in [1.82, 2.24) is 5.32 Å². The molecule has 5 heteroatoms. The molecule has 1 N–H and O–H groups in total. The van der Waals surface area contributed by atoms with Crippen molar-refractivity contribution in [1.29, 1.82) is 0 Å². The average Bonchev–Trinajstić information content (AvgIpc) is 3.38. The summed E-state index contributed by atoms with van der Waals surface area (Å²) in [6.07, 6.45) is 4.55. The van der Waals surface area contributed by atoms with Crippen molar-refractivity contribution in [2.75, 3.05) is 0 Å². The first-order valence-electron chi connectivity index (χ1n) is 14.5. The monoisotopic (exact) mass is 515 g/mol. The van der Waals surface area contributed by atoms with E-state index < -0.39 is 17.3 Å². The molecule has 0 radical (unpaired) electrons. The summed E-state index contributed by atoms with van der Waals surface area (Å²) < 4.78 is 13.8. The van der Waals surface area contributed by atoms with Crippen molar-refractivity contribution in [2.45, 2.75) is 71.7 Å². The topological polar surface area (TPSA) is 67.9 Å². The lowest BCUT2D eigenvalue weighted by atomic mass is 9.49. The van der Waals surface area contributed by atoms with Crippen LogP contribution in [0.2, 0.25) is 0 Å². The number of benzene rings is 1. The summed E-state index contributed by atoms with van der Waals surface area (Å²) in [5, 5.41) is 2.94. The lowest BCUT2D eigenvalue weighted by Crippen LogP contribution is -2.57. The lowest BCUT2D eigenvalue weighted by molar-refractivity contribution is -0.140. The SMILES string of the molecule is C=CC1(C)C2C(=O)C3C(=C)NC(=O)C3Cc3ccc(cc3)OC3C2C(C2(C)CC(C)CC(C)C32)C2(C)OC12. The fourth-order valence-electron chi connectivity index (χ4n) is 11.0. The molecule has 7 aliphatic rings. The average molecular weight is 516 g/mol. The number of Topliss-reactive ketones (excluding diaryl/α,β-unsaturated/α-hetero) is 1. The summed E-state index contributed by atoms with van der Waals surface area (Å²) in [7, 11) is 0. The molecule has 4 aliphatic heterocycles. The van der Waals surface area contributed by atoms with Crippen LogP contribution < -0.4 is 10.1 Å². The molecular weight excluding hydrogens is 474 g/mol. The minimum absolute atomic E-state index is 0.0166. The van der Waals surface area contributed by atoms with Gasteiger partial charge < -0.3 is 14.8 Å². The number of fused-ring (bicyclic) bond motifs is 6. The van der Waals surface area contributed by atoms with Crippen LogP contribution in [0.3, 0.4) is 0 Å². The van der Waals surface area contributed by atoms with Crippen LogP contribution >= 0.6 is 0 Å². The molecule has 0 spiro atoms. The van der Waals surface area contributed by atoms with Gasteiger partial charge in [0.2, 0.25) is 5.91 Å². The molecule has 5 fully saturated rings. The van der Waals surface area contributed by atoms with Crippen LogP contribution in [0, 0.1) is 58.2 Å². The molecule has 202 valence electrons. The largest absolute Gasteiger partial charge is 0.490 e. The summed E-state index contributed by atoms with van der Waals surface area (Å²) in [4.78, 5) is 28.2. The third kappa shape index (κ3) is 2.92. The minimum atomic E-state index is -0.568. The molecule has 1 aromatic rings. The number of hydrogen-bond donors (Lipinski definition) is 1. The first kappa shape index (κ1) is 24.6. The molecular formula is C33H41NO4. The van der Waals surface area contributed by atoms with E-state index in [9.17, 15) is 9.59 Å². The highest BCUT2D eigenvalue weighted by Crippen LogP contribution is 2.76. The Bertz CT molecular complexity index is 1250. The van der Waals surface area contributed by atoms with Gasteiger partial charge in [0.25, 0.3) is 0 Å². The Morgan fingerprint density at radius 3 is 2.50 bits per heavy atom. The maximum Gasteiger partial charge on any atom is 0.228 e. The molecule has 13 atom stereocenters. The van der Waals surface area contributed by atoms with Crippen molar-refractivity contribution < 1.29 is 19.1 Å². The quantitative estimate of drug-likeness (QED) is 0.405. The van der Waals surface area contributed by atoms with Crippen LogP contribution in [-0.4, -0.2) is 29.5 Å². The number of nitrogens with one attached hydrogen (secondary N) is 1. The Hall–Kier alpha value is -2.40. The van der Waals surface area contributed by atoms with Crippen LogP contribution in [0.25, 0.3) is 0 Å². The Balaban J connectivity index is 1.48. The zero-order chi connectivity index (χ0) is 26.9. The Kier molecular flexibility index (Phi) is 4.94. The molecule has 3 saturated carbocycles. The van der Waals surface area contributed by atoms with E-state index in [4.69, 9.17) is 9.47 Å². The van der Waals surface area contributed by atoms with E-state index in [0.717, 1.165) is 24.2 Å². The van der Waals surface area contributed by atoms with Gasteiger partial charge in [-0.3, -0.25) is 9.59 Å². The van der Waals surface area contributed by atoms with Gasteiger partial charge in [0.05, 0.1) is 23.5 Å². The number of hydrogen-bond acceptors (Lipinski definition) is 4. The van der Waals surface area contributed by atoms with Gasteiger partial charge in [0, 0.05) is 34.8 Å². The van der Waals surface area contributed by atoms with Gasteiger partial charge in [-0.05, 0) is 61.1 Å². The molecule has 3 aliphatic carbocycles. The lowest BCUT2D eigenvalue weighted by Gasteiger charge is -2.51. The summed E-state index contributed by atoms with van der Waals surface area (Å²) in [6, 6.07) is 8.22. The molecule has 13 unspecified atom stereocenters. The van der Waals surface area contributed by atoms with Gasteiger partial charge in [-0.15, -0.1) is 6.58 Å². The fourth-order valence-corrected chi connectivity index (χ4v) is 11.0. The zero-order valence-electron chi connectivity index (χ0n) is 23.3. The van der Waals surface area contributed by atoms with Gasteiger partial charge in [0.1, 0.15) is 17.6 Å². The van der Waals surface area contributed by atoms with Gasteiger partial charge >= 0.3 is 0 Å². The number of epoxide rings is 1. The van der Waals surface area contributed by atoms with E-state index in [-0.39, 0.29) is 52.7 Å². The normalized spacial score (nSPS) is 52.4. The van der Waals surface area contributed by atoms with Crippen LogP contribution in [0.1, 0.15) is 53.0 Å². The Morgan fingerprint density at radius 2 is 1.82 bits per heavy atom. The summed E-state index contributed by atoms with van der Waals surface area (Å²) in [5.41, 5.74) is 0.665. The van der Waals surface area contributed by atoms with Crippen molar-refractivity contribution in [2.24, 2.45) is 58.2 Å². The molecule has 5 nitrogen and oxygen atoms in total. The second kappa shape index (κ2) is 7.62. The van der Waals surface area contributed by atoms with E-state index >= 15 is 0 Å². The van der Waals surface area contributed by atoms with Crippen molar-refractivity contribution in [3.8, 4) is 5.75 Å². The molecule has 0 aromatic heterocycles. The molecule has 2 bridgehead atoms. The number of carbonyl (C=O) groups excluding carboxylic acids is 2. The van der Waals surface area contributed by atoms with Crippen LogP contribution in [0.5, 0.6) is 5.75 Å². The molecule has 8 rings (SSSR count). The van der Waals surface area contributed by atoms with Gasteiger partial charge in [0.15, 0.2) is 0 Å². The number of ketones is 1. The van der Waals surface area contributed by atoms with E-state index in [1.807, 2.05) is 6.08 Å². The summed E-state index contributed by atoms with van der Waals surface area (Å²) in [5.74, 6) is 0.988. The highest BCUT2D eigenvalue weighted by Gasteiger charge is 2.82. The van der Waals surface area contributed by atoms with E-state index in [1.165, 1.54) is 0 Å². The minimum Gasteiger partial charge on any atom is -0.490 e. The van der Waals surface area contributed by atoms with E-state index in [2.05, 4.69) is 77.4 Å².